The molecule has 0 spiro atoms. The van der Waals surface area contributed by atoms with Crippen molar-refractivity contribution in [1.29, 1.82) is 0 Å². The third-order valence-corrected chi connectivity index (χ3v) is 8.63. The third-order valence-electron chi connectivity index (χ3n) is 6.62. The summed E-state index contributed by atoms with van der Waals surface area (Å²) in [5.74, 6) is -0.182. The topological polar surface area (TPSA) is 104 Å². The van der Waals surface area contributed by atoms with Crippen LogP contribution in [0.25, 0.3) is 0 Å². The maximum absolute atomic E-state index is 13.2. The van der Waals surface area contributed by atoms with Crippen LogP contribution in [0.5, 0.6) is 0 Å². The molecule has 2 aromatic rings. The Labute approximate surface area is 200 Å². The molecular formula is C24H30N4O5S. The van der Waals surface area contributed by atoms with Crippen LogP contribution in [0.1, 0.15) is 42.1 Å². The lowest BCUT2D eigenvalue weighted by atomic mass is 10.1. The predicted molar refractivity (Wildman–Crippen MR) is 128 cm³/mol. The van der Waals surface area contributed by atoms with E-state index in [2.05, 4.69) is 4.90 Å². The summed E-state index contributed by atoms with van der Waals surface area (Å²) >= 11 is 0. The lowest BCUT2D eigenvalue weighted by Gasteiger charge is -2.35. The number of nitro benzene ring substituents is 1. The normalized spacial score (nSPS) is 20.3. The minimum Gasteiger partial charge on any atom is -0.336 e. The Morgan fingerprint density at radius 3 is 2.47 bits per heavy atom. The van der Waals surface area contributed by atoms with Gasteiger partial charge in [0.15, 0.2) is 0 Å². The summed E-state index contributed by atoms with van der Waals surface area (Å²) in [6.45, 7) is 5.30. The SMILES string of the molecule is CC1CCCCN1S(=O)(=O)c1cccc(C(=O)N2CCN(Cc3cccc([N+](=O)[O-])c3)CC2)c1. The molecule has 1 unspecified atom stereocenters. The van der Waals surface area contributed by atoms with E-state index in [-0.39, 0.29) is 22.5 Å². The molecule has 2 fully saturated rings. The first kappa shape index (κ1) is 24.3. The number of non-ortho nitro benzene ring substituents is 1. The van der Waals surface area contributed by atoms with Crippen LogP contribution in [0.3, 0.4) is 0 Å². The van der Waals surface area contributed by atoms with Crippen LogP contribution in [-0.2, 0) is 16.6 Å². The Morgan fingerprint density at radius 2 is 1.76 bits per heavy atom. The molecule has 1 atom stereocenters. The van der Waals surface area contributed by atoms with E-state index >= 15 is 0 Å². The molecule has 2 aromatic carbocycles. The molecular weight excluding hydrogens is 456 g/mol. The van der Waals surface area contributed by atoms with Gasteiger partial charge in [-0.3, -0.25) is 19.8 Å². The number of carbonyl (C=O) groups is 1. The molecule has 2 saturated heterocycles. The van der Waals surface area contributed by atoms with Crippen molar-refractivity contribution in [2.45, 2.75) is 43.7 Å². The van der Waals surface area contributed by atoms with Crippen molar-refractivity contribution in [1.82, 2.24) is 14.1 Å². The summed E-state index contributed by atoms with van der Waals surface area (Å²) in [5, 5.41) is 11.0. The number of piperidine rings is 1. The number of piperazine rings is 1. The number of hydrogen-bond acceptors (Lipinski definition) is 6. The largest absolute Gasteiger partial charge is 0.336 e. The molecule has 0 radical (unpaired) electrons. The van der Waals surface area contributed by atoms with E-state index < -0.39 is 14.9 Å². The molecule has 2 aliphatic heterocycles. The average Bonchev–Trinajstić information content (AvgIpc) is 2.84. The van der Waals surface area contributed by atoms with Crippen molar-refractivity contribution in [3.63, 3.8) is 0 Å². The number of nitro groups is 1. The summed E-state index contributed by atoms with van der Waals surface area (Å²) in [5.41, 5.74) is 1.30. The second kappa shape index (κ2) is 10.2. The lowest BCUT2D eigenvalue weighted by molar-refractivity contribution is -0.384. The molecule has 10 heteroatoms. The highest BCUT2D eigenvalue weighted by atomic mass is 32.2. The molecule has 0 aliphatic carbocycles. The highest BCUT2D eigenvalue weighted by Gasteiger charge is 2.32. The fourth-order valence-electron chi connectivity index (χ4n) is 4.67. The van der Waals surface area contributed by atoms with Gasteiger partial charge in [0.05, 0.1) is 9.82 Å². The number of carbonyl (C=O) groups excluding carboxylic acids is 1. The first-order valence-corrected chi connectivity index (χ1v) is 13.1. The van der Waals surface area contributed by atoms with Gasteiger partial charge in [0.25, 0.3) is 11.6 Å². The smallest absolute Gasteiger partial charge is 0.269 e. The number of rotatable bonds is 6. The average molecular weight is 487 g/mol. The van der Waals surface area contributed by atoms with Crippen molar-refractivity contribution >= 4 is 21.6 Å². The van der Waals surface area contributed by atoms with E-state index in [0.717, 1.165) is 24.8 Å². The van der Waals surface area contributed by atoms with Gasteiger partial charge < -0.3 is 4.90 Å². The quantitative estimate of drug-likeness (QED) is 0.459. The first-order chi connectivity index (χ1) is 16.3. The van der Waals surface area contributed by atoms with E-state index in [9.17, 15) is 23.3 Å². The van der Waals surface area contributed by atoms with Gasteiger partial charge in [0, 0.05) is 63.0 Å². The van der Waals surface area contributed by atoms with Crippen molar-refractivity contribution < 1.29 is 18.1 Å². The zero-order valence-electron chi connectivity index (χ0n) is 19.3. The zero-order valence-corrected chi connectivity index (χ0v) is 20.1. The van der Waals surface area contributed by atoms with E-state index in [1.807, 2.05) is 13.0 Å². The summed E-state index contributed by atoms with van der Waals surface area (Å²) in [6, 6.07) is 12.9. The molecule has 34 heavy (non-hydrogen) atoms. The molecule has 0 aromatic heterocycles. The fraction of sp³-hybridized carbons (Fsp3) is 0.458. The van der Waals surface area contributed by atoms with Crippen LogP contribution in [0.15, 0.2) is 53.4 Å². The van der Waals surface area contributed by atoms with Crippen LogP contribution in [0, 0.1) is 10.1 Å². The van der Waals surface area contributed by atoms with Gasteiger partial charge in [-0.15, -0.1) is 0 Å². The van der Waals surface area contributed by atoms with E-state index in [4.69, 9.17) is 0 Å². The third kappa shape index (κ3) is 5.29. The van der Waals surface area contributed by atoms with E-state index in [0.29, 0.717) is 44.8 Å². The Balaban J connectivity index is 1.40. The van der Waals surface area contributed by atoms with Gasteiger partial charge in [-0.1, -0.05) is 24.6 Å². The highest BCUT2D eigenvalue weighted by Crippen LogP contribution is 2.26. The molecule has 4 rings (SSSR count). The fourth-order valence-corrected chi connectivity index (χ4v) is 6.42. The van der Waals surface area contributed by atoms with Crippen LogP contribution in [0.4, 0.5) is 5.69 Å². The van der Waals surface area contributed by atoms with Crippen molar-refractivity contribution in [2.24, 2.45) is 0 Å². The number of benzene rings is 2. The van der Waals surface area contributed by atoms with Crippen LogP contribution < -0.4 is 0 Å². The Hall–Kier alpha value is -2.82. The molecule has 2 aliphatic rings. The first-order valence-electron chi connectivity index (χ1n) is 11.6. The number of hydrogen-bond donors (Lipinski definition) is 0. The van der Waals surface area contributed by atoms with Gasteiger partial charge in [-0.05, 0) is 43.5 Å². The summed E-state index contributed by atoms with van der Waals surface area (Å²) in [7, 11) is -3.64. The predicted octanol–water partition coefficient (Wildman–Crippen LogP) is 3.12. The van der Waals surface area contributed by atoms with Gasteiger partial charge in [-0.2, -0.15) is 4.31 Å². The van der Waals surface area contributed by atoms with Crippen molar-refractivity contribution in [3.8, 4) is 0 Å². The standard InChI is InChI=1S/C24H30N4O5S/c1-19-6-2-3-11-27(19)34(32,33)23-10-5-8-21(17-23)24(29)26-14-12-25(13-15-26)18-20-7-4-9-22(16-20)28(30)31/h4-5,7-10,16-17,19H,2-3,6,11-15,18H2,1H3. The Morgan fingerprint density at radius 1 is 1.03 bits per heavy atom. The van der Waals surface area contributed by atoms with Crippen molar-refractivity contribution in [2.75, 3.05) is 32.7 Å². The van der Waals surface area contributed by atoms with Gasteiger partial charge >= 0.3 is 0 Å². The molecule has 2 heterocycles. The second-order valence-corrected chi connectivity index (χ2v) is 10.9. The zero-order chi connectivity index (χ0) is 24.3. The van der Waals surface area contributed by atoms with E-state index in [1.54, 1.807) is 39.5 Å². The molecule has 0 saturated carbocycles. The number of nitrogens with zero attached hydrogens (tertiary/aromatic N) is 4. The van der Waals surface area contributed by atoms with Gasteiger partial charge in [0.1, 0.15) is 0 Å². The highest BCUT2D eigenvalue weighted by molar-refractivity contribution is 7.89. The summed E-state index contributed by atoms with van der Waals surface area (Å²) < 4.78 is 27.9. The number of amides is 1. The monoisotopic (exact) mass is 486 g/mol. The number of sulfonamides is 1. The molecule has 9 nitrogen and oxygen atoms in total. The van der Waals surface area contributed by atoms with Gasteiger partial charge in [0.2, 0.25) is 10.0 Å². The molecule has 1 amide bonds. The summed E-state index contributed by atoms with van der Waals surface area (Å²) in [6.07, 6.45) is 2.72. The second-order valence-electron chi connectivity index (χ2n) is 8.98. The van der Waals surface area contributed by atoms with Crippen LogP contribution in [0.2, 0.25) is 0 Å². The van der Waals surface area contributed by atoms with E-state index in [1.165, 1.54) is 12.1 Å². The minimum absolute atomic E-state index is 0.0442. The maximum atomic E-state index is 13.2. The van der Waals surface area contributed by atoms with Crippen molar-refractivity contribution in [3.05, 3.63) is 69.8 Å². The molecule has 182 valence electrons. The minimum atomic E-state index is -3.64. The Bertz CT molecular complexity index is 1160. The maximum Gasteiger partial charge on any atom is 0.269 e. The van der Waals surface area contributed by atoms with Crippen LogP contribution >= 0.6 is 0 Å². The lowest BCUT2D eigenvalue weighted by Crippen LogP contribution is -2.48. The van der Waals surface area contributed by atoms with Gasteiger partial charge in [-0.25, -0.2) is 8.42 Å². The molecule has 0 bridgehead atoms. The van der Waals surface area contributed by atoms with Crippen LogP contribution in [-0.4, -0.2) is 72.1 Å². The summed E-state index contributed by atoms with van der Waals surface area (Å²) in [4.78, 5) is 27.8. The molecule has 0 N–H and O–H groups in total. The Kier molecular flexibility index (Phi) is 7.30.